The Kier molecular flexibility index (Phi) is 5.75. The van der Waals surface area contributed by atoms with E-state index in [1.54, 1.807) is 22.8 Å². The van der Waals surface area contributed by atoms with E-state index in [4.69, 9.17) is 0 Å². The van der Waals surface area contributed by atoms with Crippen LogP contribution >= 0.6 is 11.3 Å². The Labute approximate surface area is 163 Å². The molecule has 0 saturated heterocycles. The van der Waals surface area contributed by atoms with E-state index >= 15 is 0 Å². The molecule has 0 N–H and O–H groups in total. The van der Waals surface area contributed by atoms with Crippen LogP contribution in [0.25, 0.3) is 10.2 Å². The molecule has 6 heteroatoms. The van der Waals surface area contributed by atoms with Gasteiger partial charge in [-0.2, -0.15) is 0 Å². The summed E-state index contributed by atoms with van der Waals surface area (Å²) in [4.78, 5) is 33.2. The highest BCUT2D eigenvalue weighted by Crippen LogP contribution is 2.25. The summed E-state index contributed by atoms with van der Waals surface area (Å²) in [5.74, 6) is 0.0137. The molecule has 0 unspecified atom stereocenters. The van der Waals surface area contributed by atoms with Crippen LogP contribution in [0.15, 0.2) is 35.4 Å². The highest BCUT2D eigenvalue weighted by Gasteiger charge is 2.14. The van der Waals surface area contributed by atoms with Crippen molar-refractivity contribution < 1.29 is 4.79 Å². The van der Waals surface area contributed by atoms with Crippen LogP contribution in [0.1, 0.15) is 34.9 Å². The largest absolute Gasteiger partial charge is 0.341 e. The number of benzene rings is 1. The summed E-state index contributed by atoms with van der Waals surface area (Å²) in [7, 11) is 1.80. The first-order valence-electron chi connectivity index (χ1n) is 9.17. The SMILES string of the molecule is CCc1ccc(CN(C)C(=O)CCn2cnc3sc(C)c(C)c3c2=O)cc1. The second-order valence-corrected chi connectivity index (χ2v) is 8.08. The minimum Gasteiger partial charge on any atom is -0.341 e. The van der Waals surface area contributed by atoms with Crippen LogP contribution in [-0.4, -0.2) is 27.4 Å². The predicted molar refractivity (Wildman–Crippen MR) is 110 cm³/mol. The van der Waals surface area contributed by atoms with Gasteiger partial charge >= 0.3 is 0 Å². The summed E-state index contributed by atoms with van der Waals surface area (Å²) in [6.07, 6.45) is 2.83. The molecular weight excluding hydrogens is 358 g/mol. The Morgan fingerprint density at radius 1 is 1.19 bits per heavy atom. The summed E-state index contributed by atoms with van der Waals surface area (Å²) in [5, 5.41) is 0.678. The predicted octanol–water partition coefficient (Wildman–Crippen LogP) is 3.69. The summed E-state index contributed by atoms with van der Waals surface area (Å²) >= 11 is 1.54. The average molecular weight is 384 g/mol. The van der Waals surface area contributed by atoms with Gasteiger partial charge in [0.1, 0.15) is 4.83 Å². The van der Waals surface area contributed by atoms with E-state index in [1.807, 2.05) is 13.8 Å². The molecule has 142 valence electrons. The molecular formula is C21H25N3O2S. The Hall–Kier alpha value is -2.47. The molecule has 0 aliphatic carbocycles. The Balaban J connectivity index is 1.66. The van der Waals surface area contributed by atoms with Crippen LogP contribution in [0.4, 0.5) is 0 Å². The van der Waals surface area contributed by atoms with Gasteiger partial charge < -0.3 is 4.90 Å². The summed E-state index contributed by atoms with van der Waals surface area (Å²) in [6, 6.07) is 8.32. The molecule has 1 aromatic carbocycles. The van der Waals surface area contributed by atoms with E-state index in [-0.39, 0.29) is 17.9 Å². The Morgan fingerprint density at radius 3 is 2.52 bits per heavy atom. The van der Waals surface area contributed by atoms with Gasteiger partial charge in [-0.25, -0.2) is 4.98 Å². The lowest BCUT2D eigenvalue weighted by Crippen LogP contribution is -2.29. The fourth-order valence-corrected chi connectivity index (χ4v) is 4.07. The molecule has 0 aliphatic heterocycles. The highest BCUT2D eigenvalue weighted by molar-refractivity contribution is 7.18. The first-order valence-corrected chi connectivity index (χ1v) is 9.99. The molecule has 0 bridgehead atoms. The number of nitrogens with zero attached hydrogens (tertiary/aromatic N) is 3. The van der Waals surface area contributed by atoms with E-state index in [0.29, 0.717) is 18.5 Å². The maximum atomic E-state index is 12.7. The molecule has 3 aromatic rings. The zero-order chi connectivity index (χ0) is 19.6. The van der Waals surface area contributed by atoms with Crippen molar-refractivity contribution in [3.63, 3.8) is 0 Å². The highest BCUT2D eigenvalue weighted by atomic mass is 32.1. The van der Waals surface area contributed by atoms with E-state index in [9.17, 15) is 9.59 Å². The smallest absolute Gasteiger partial charge is 0.262 e. The number of amides is 1. The van der Waals surface area contributed by atoms with Crippen LogP contribution in [-0.2, 0) is 24.3 Å². The molecule has 0 saturated carbocycles. The number of aryl methyl sites for hydroxylation is 4. The number of carbonyl (C=O) groups excluding carboxylic acids is 1. The third-order valence-electron chi connectivity index (χ3n) is 5.00. The summed E-state index contributed by atoms with van der Waals surface area (Å²) in [6.45, 7) is 6.98. The maximum absolute atomic E-state index is 12.7. The zero-order valence-electron chi connectivity index (χ0n) is 16.3. The number of fused-ring (bicyclic) bond motifs is 1. The first kappa shape index (κ1) is 19.3. The normalized spacial score (nSPS) is 11.1. The minimum atomic E-state index is -0.0625. The van der Waals surface area contributed by atoms with Crippen LogP contribution in [0.3, 0.4) is 0 Å². The standard InChI is InChI=1S/C21H25N3O2S/c1-5-16-6-8-17(9-7-16)12-23(4)18(25)10-11-24-13-22-20-19(21(24)26)14(2)15(3)27-20/h6-9,13H,5,10-12H2,1-4H3. The quantitative estimate of drug-likeness (QED) is 0.652. The van der Waals surface area contributed by atoms with Crippen molar-refractivity contribution in [2.45, 2.75) is 46.7 Å². The van der Waals surface area contributed by atoms with Crippen molar-refractivity contribution >= 4 is 27.5 Å². The van der Waals surface area contributed by atoms with Crippen molar-refractivity contribution in [1.29, 1.82) is 0 Å². The van der Waals surface area contributed by atoms with Gasteiger partial charge in [0.15, 0.2) is 0 Å². The molecule has 5 nitrogen and oxygen atoms in total. The molecule has 0 aliphatic rings. The topological polar surface area (TPSA) is 55.2 Å². The number of hydrogen-bond donors (Lipinski definition) is 0. The summed E-state index contributed by atoms with van der Waals surface area (Å²) < 4.78 is 1.54. The lowest BCUT2D eigenvalue weighted by Gasteiger charge is -2.18. The van der Waals surface area contributed by atoms with Gasteiger partial charge in [0.05, 0.1) is 11.7 Å². The lowest BCUT2D eigenvalue weighted by molar-refractivity contribution is -0.130. The summed E-state index contributed by atoms with van der Waals surface area (Å²) in [5.41, 5.74) is 3.31. The van der Waals surface area contributed by atoms with Crippen LogP contribution < -0.4 is 5.56 Å². The molecule has 1 amide bonds. The van der Waals surface area contributed by atoms with Crippen LogP contribution in [0, 0.1) is 13.8 Å². The molecule has 0 spiro atoms. The van der Waals surface area contributed by atoms with Crippen molar-refractivity contribution in [3.8, 4) is 0 Å². The number of hydrogen-bond acceptors (Lipinski definition) is 4. The Bertz CT molecular complexity index is 1020. The number of aromatic nitrogens is 2. The van der Waals surface area contributed by atoms with Gasteiger partial charge in [-0.1, -0.05) is 31.2 Å². The second kappa shape index (κ2) is 8.05. The fraction of sp³-hybridized carbons (Fsp3) is 0.381. The van der Waals surface area contributed by atoms with Gasteiger partial charge in [-0.05, 0) is 37.0 Å². The first-order chi connectivity index (χ1) is 12.9. The molecule has 2 aromatic heterocycles. The van der Waals surface area contributed by atoms with Gasteiger partial charge in [0.2, 0.25) is 5.91 Å². The van der Waals surface area contributed by atoms with E-state index < -0.39 is 0 Å². The molecule has 3 rings (SSSR count). The van der Waals surface area contributed by atoms with Gasteiger partial charge in [-0.3, -0.25) is 14.2 Å². The molecule has 0 atom stereocenters. The fourth-order valence-electron chi connectivity index (χ4n) is 3.08. The van der Waals surface area contributed by atoms with Gasteiger partial charge in [-0.15, -0.1) is 11.3 Å². The number of rotatable bonds is 6. The molecule has 2 heterocycles. The zero-order valence-corrected chi connectivity index (χ0v) is 17.1. The Morgan fingerprint density at radius 2 is 1.85 bits per heavy atom. The lowest BCUT2D eigenvalue weighted by atomic mass is 10.1. The number of thiophene rings is 1. The van der Waals surface area contributed by atoms with Gasteiger partial charge in [0.25, 0.3) is 5.56 Å². The van der Waals surface area contributed by atoms with E-state index in [2.05, 4.69) is 36.2 Å². The average Bonchev–Trinajstić information content (AvgIpc) is 2.96. The van der Waals surface area contributed by atoms with E-state index in [0.717, 1.165) is 27.3 Å². The van der Waals surface area contributed by atoms with Crippen molar-refractivity contribution in [2.24, 2.45) is 0 Å². The second-order valence-electron chi connectivity index (χ2n) is 6.88. The minimum absolute atomic E-state index is 0.0137. The van der Waals surface area contributed by atoms with Crippen molar-refractivity contribution in [3.05, 3.63) is 62.5 Å². The third kappa shape index (κ3) is 4.11. The molecule has 0 fully saturated rings. The molecule has 27 heavy (non-hydrogen) atoms. The van der Waals surface area contributed by atoms with E-state index in [1.165, 1.54) is 16.9 Å². The third-order valence-corrected chi connectivity index (χ3v) is 6.11. The molecule has 0 radical (unpaired) electrons. The van der Waals surface area contributed by atoms with Crippen LogP contribution in [0.5, 0.6) is 0 Å². The van der Waals surface area contributed by atoms with Crippen molar-refractivity contribution in [1.82, 2.24) is 14.5 Å². The van der Waals surface area contributed by atoms with Gasteiger partial charge in [0, 0.05) is 31.4 Å². The maximum Gasteiger partial charge on any atom is 0.262 e. The monoisotopic (exact) mass is 383 g/mol. The van der Waals surface area contributed by atoms with Crippen molar-refractivity contribution in [2.75, 3.05) is 7.05 Å². The van der Waals surface area contributed by atoms with Crippen LogP contribution in [0.2, 0.25) is 0 Å². The number of carbonyl (C=O) groups is 1.